The van der Waals surface area contributed by atoms with Crippen LogP contribution in [-0.2, 0) is 19.1 Å². The van der Waals surface area contributed by atoms with Gasteiger partial charge in [-0.15, -0.1) is 0 Å². The molecule has 0 unspecified atom stereocenters. The summed E-state index contributed by atoms with van der Waals surface area (Å²) in [5.74, 6) is -3.58. The molecule has 8 nitrogen and oxygen atoms in total. The van der Waals surface area contributed by atoms with Gasteiger partial charge >= 0.3 is 12.1 Å². The predicted octanol–water partition coefficient (Wildman–Crippen LogP) is 2.07. The topological polar surface area (TPSA) is 122 Å². The van der Waals surface area contributed by atoms with Gasteiger partial charge in [-0.3, -0.25) is 9.59 Å². The number of hydrogen-bond donors (Lipinski definition) is 3. The van der Waals surface area contributed by atoms with Gasteiger partial charge in [0.1, 0.15) is 12.6 Å². The molecule has 0 aliphatic heterocycles. The van der Waals surface area contributed by atoms with Crippen molar-refractivity contribution in [2.45, 2.75) is 31.8 Å². The molecule has 2 aromatic carbocycles. The van der Waals surface area contributed by atoms with Crippen molar-refractivity contribution in [2.75, 3.05) is 6.61 Å². The van der Waals surface area contributed by atoms with Gasteiger partial charge in [-0.25, -0.2) is 9.59 Å². The lowest BCUT2D eigenvalue weighted by atomic mass is 9.98. The fourth-order valence-electron chi connectivity index (χ4n) is 3.47. The molecule has 1 aliphatic carbocycles. The Hall–Kier alpha value is -3.68. The number of ether oxygens (including phenoxy) is 1. The van der Waals surface area contributed by atoms with E-state index < -0.39 is 35.8 Å². The van der Waals surface area contributed by atoms with Crippen molar-refractivity contribution in [3.63, 3.8) is 0 Å². The maximum absolute atomic E-state index is 12.2. The maximum atomic E-state index is 12.2. The van der Waals surface area contributed by atoms with E-state index >= 15 is 0 Å². The Labute approximate surface area is 173 Å². The fourth-order valence-corrected chi connectivity index (χ4v) is 3.47. The molecular formula is C22H22N2O6. The van der Waals surface area contributed by atoms with Gasteiger partial charge < -0.3 is 20.5 Å². The Morgan fingerprint density at radius 1 is 0.900 bits per heavy atom. The van der Waals surface area contributed by atoms with E-state index in [0.717, 1.165) is 22.3 Å². The molecule has 156 valence electrons. The van der Waals surface area contributed by atoms with E-state index in [-0.39, 0.29) is 12.5 Å². The van der Waals surface area contributed by atoms with Crippen LogP contribution in [0, 0.1) is 0 Å². The molecule has 1 aliphatic rings. The predicted molar refractivity (Wildman–Crippen MR) is 108 cm³/mol. The normalized spacial score (nSPS) is 14.1. The number of ketones is 1. The molecule has 0 saturated carbocycles. The molecule has 3 rings (SSSR count). The van der Waals surface area contributed by atoms with Crippen LogP contribution in [0.5, 0.6) is 0 Å². The third-order valence-corrected chi connectivity index (χ3v) is 5.03. The first-order valence-electron chi connectivity index (χ1n) is 9.48. The number of benzene rings is 2. The van der Waals surface area contributed by atoms with Crippen LogP contribution in [0.25, 0.3) is 11.1 Å². The van der Waals surface area contributed by atoms with Crippen LogP contribution in [0.2, 0.25) is 0 Å². The lowest BCUT2D eigenvalue weighted by Gasteiger charge is -2.18. The summed E-state index contributed by atoms with van der Waals surface area (Å²) in [5, 5.41) is 13.3. The number of amides is 2. The Morgan fingerprint density at radius 2 is 1.43 bits per heavy atom. The highest BCUT2D eigenvalue weighted by molar-refractivity contribution is 6.35. The summed E-state index contributed by atoms with van der Waals surface area (Å²) in [4.78, 5) is 46.3. The van der Waals surface area contributed by atoms with Gasteiger partial charge in [-0.05, 0) is 36.1 Å². The number of carbonyl (C=O) groups is 4. The highest BCUT2D eigenvalue weighted by Gasteiger charge is 2.30. The Morgan fingerprint density at radius 3 is 1.97 bits per heavy atom. The Kier molecular flexibility index (Phi) is 6.15. The first-order chi connectivity index (χ1) is 14.3. The number of carboxylic acid groups (broad SMARTS) is 1. The summed E-state index contributed by atoms with van der Waals surface area (Å²) in [6.07, 6.45) is -0.781. The Balaban J connectivity index is 1.58. The smallest absolute Gasteiger partial charge is 0.407 e. The molecule has 2 amide bonds. The Bertz CT molecular complexity index is 957. The van der Waals surface area contributed by atoms with Crippen molar-refractivity contribution in [2.24, 2.45) is 0 Å². The molecule has 0 radical (unpaired) electrons. The third kappa shape index (κ3) is 4.32. The van der Waals surface area contributed by atoms with Crippen molar-refractivity contribution in [1.29, 1.82) is 0 Å². The number of carboxylic acids is 1. The van der Waals surface area contributed by atoms with Crippen LogP contribution in [0.4, 0.5) is 4.79 Å². The van der Waals surface area contributed by atoms with Crippen molar-refractivity contribution in [1.82, 2.24) is 10.6 Å². The molecule has 30 heavy (non-hydrogen) atoms. The van der Waals surface area contributed by atoms with Gasteiger partial charge in [0.2, 0.25) is 5.91 Å². The van der Waals surface area contributed by atoms with Crippen LogP contribution in [-0.4, -0.2) is 47.6 Å². The van der Waals surface area contributed by atoms with E-state index in [1.807, 2.05) is 48.5 Å². The number of alkyl carbamates (subject to hydrolysis) is 1. The van der Waals surface area contributed by atoms with Crippen LogP contribution in [0.1, 0.15) is 30.9 Å². The summed E-state index contributed by atoms with van der Waals surface area (Å²) in [6.45, 7) is 2.77. The summed E-state index contributed by atoms with van der Waals surface area (Å²) >= 11 is 0. The van der Waals surface area contributed by atoms with Crippen molar-refractivity contribution >= 4 is 23.8 Å². The molecule has 0 saturated heterocycles. The zero-order valence-corrected chi connectivity index (χ0v) is 16.5. The van der Waals surface area contributed by atoms with Crippen LogP contribution < -0.4 is 10.6 Å². The van der Waals surface area contributed by atoms with E-state index in [2.05, 4.69) is 10.6 Å². The fraction of sp³-hybridized carbons (Fsp3) is 0.273. The van der Waals surface area contributed by atoms with E-state index in [4.69, 9.17) is 9.84 Å². The van der Waals surface area contributed by atoms with Crippen LogP contribution in [0.15, 0.2) is 48.5 Å². The average molecular weight is 410 g/mol. The van der Waals surface area contributed by atoms with Gasteiger partial charge in [0.15, 0.2) is 0 Å². The maximum Gasteiger partial charge on any atom is 0.407 e. The second kappa shape index (κ2) is 8.77. The summed E-state index contributed by atoms with van der Waals surface area (Å²) < 4.78 is 5.36. The molecule has 0 fully saturated rings. The van der Waals surface area contributed by atoms with Gasteiger partial charge in [0, 0.05) is 5.92 Å². The summed E-state index contributed by atoms with van der Waals surface area (Å²) in [6, 6.07) is 13.6. The number of Topliss-reactive ketones (excluding diaryl/α,β-unsaturated/α-hetero) is 1. The van der Waals surface area contributed by atoms with E-state index in [1.54, 1.807) is 0 Å². The number of nitrogens with one attached hydrogen (secondary N) is 2. The van der Waals surface area contributed by atoms with Gasteiger partial charge in [0.05, 0.1) is 6.04 Å². The van der Waals surface area contributed by atoms with E-state index in [0.29, 0.717) is 0 Å². The zero-order chi connectivity index (χ0) is 21.8. The van der Waals surface area contributed by atoms with Crippen LogP contribution >= 0.6 is 0 Å². The number of carbonyl (C=O) groups excluding carboxylic acids is 3. The first-order valence-corrected chi connectivity index (χ1v) is 9.48. The second-order valence-electron chi connectivity index (χ2n) is 7.09. The van der Waals surface area contributed by atoms with Gasteiger partial charge in [-0.2, -0.15) is 0 Å². The third-order valence-electron chi connectivity index (χ3n) is 5.03. The van der Waals surface area contributed by atoms with Gasteiger partial charge in [-0.1, -0.05) is 48.5 Å². The minimum Gasteiger partial charge on any atom is -0.475 e. The molecule has 0 aromatic heterocycles. The standard InChI is InChI=1S/C22H22N2O6/c1-12(19(25)21(27)28)23-20(26)13(2)24-22(29)30-11-18-16-9-5-3-7-14(16)15-8-4-6-10-17(15)18/h3-10,12-13,18H,11H2,1-2H3,(H,23,26)(H,24,29)(H,27,28)/t12-,13-/m0/s1. The quantitative estimate of drug-likeness (QED) is 0.601. The number of hydrogen-bond acceptors (Lipinski definition) is 5. The molecule has 2 atom stereocenters. The molecule has 0 bridgehead atoms. The van der Waals surface area contributed by atoms with E-state index in [1.165, 1.54) is 13.8 Å². The molecule has 2 aromatic rings. The summed E-state index contributed by atoms with van der Waals surface area (Å²) in [7, 11) is 0. The minimum atomic E-state index is -1.64. The molecule has 0 heterocycles. The number of aliphatic carboxylic acids is 1. The minimum absolute atomic E-state index is 0.0993. The highest BCUT2D eigenvalue weighted by atomic mass is 16.5. The SMILES string of the molecule is C[C@H](NC(=O)OCC1c2ccccc2-c2ccccc21)C(=O)N[C@@H](C)C(=O)C(=O)O. The van der Waals surface area contributed by atoms with Crippen molar-refractivity contribution in [3.8, 4) is 11.1 Å². The number of fused-ring (bicyclic) bond motifs is 3. The molecular weight excluding hydrogens is 388 g/mol. The zero-order valence-electron chi connectivity index (χ0n) is 16.5. The lowest BCUT2D eigenvalue weighted by Crippen LogP contribution is -2.50. The average Bonchev–Trinajstić information content (AvgIpc) is 3.05. The molecule has 8 heteroatoms. The first kappa shape index (κ1) is 21.0. The monoisotopic (exact) mass is 410 g/mol. The second-order valence-corrected chi connectivity index (χ2v) is 7.09. The van der Waals surface area contributed by atoms with Crippen molar-refractivity contribution in [3.05, 3.63) is 59.7 Å². The molecule has 0 spiro atoms. The van der Waals surface area contributed by atoms with Crippen molar-refractivity contribution < 1.29 is 29.0 Å². The van der Waals surface area contributed by atoms with Gasteiger partial charge in [0.25, 0.3) is 5.78 Å². The highest BCUT2D eigenvalue weighted by Crippen LogP contribution is 2.44. The number of rotatable bonds is 7. The lowest BCUT2D eigenvalue weighted by molar-refractivity contribution is -0.150. The van der Waals surface area contributed by atoms with E-state index in [9.17, 15) is 19.2 Å². The summed E-state index contributed by atoms with van der Waals surface area (Å²) in [5.41, 5.74) is 4.34. The molecule has 3 N–H and O–H groups in total. The van der Waals surface area contributed by atoms with Crippen LogP contribution in [0.3, 0.4) is 0 Å². The largest absolute Gasteiger partial charge is 0.475 e.